The number of aryl methyl sites for hydroxylation is 1. The SMILES string of the molecule is CC(C)=CCCC(C)=CCCC1=C[C@@](c2cc(O)ccc2O)(c2oc(-c3cc(O)ccc3O)cc2CCC=C(C)CCC=C(C)C)OC1=O. The minimum absolute atomic E-state index is 0.0544. The third-order valence-electron chi connectivity index (χ3n) is 8.66. The molecule has 4 rings (SSSR count). The Morgan fingerprint density at radius 2 is 1.27 bits per heavy atom. The summed E-state index contributed by atoms with van der Waals surface area (Å²) in [7, 11) is 0. The van der Waals surface area contributed by atoms with Crippen LogP contribution in [0.2, 0.25) is 0 Å². The van der Waals surface area contributed by atoms with Gasteiger partial charge in [-0.3, -0.25) is 0 Å². The molecule has 0 aliphatic carbocycles. The average molecular weight is 667 g/mol. The highest BCUT2D eigenvalue weighted by atomic mass is 16.6. The molecule has 4 N–H and O–H groups in total. The lowest BCUT2D eigenvalue weighted by Gasteiger charge is -2.27. The molecule has 1 aromatic heterocycles. The lowest BCUT2D eigenvalue weighted by Crippen LogP contribution is -2.28. The van der Waals surface area contributed by atoms with Crippen LogP contribution in [-0.4, -0.2) is 26.4 Å². The number of carbonyl (C=O) groups excluding carboxylic acids is 1. The highest BCUT2D eigenvalue weighted by molar-refractivity contribution is 5.92. The molecule has 2 heterocycles. The van der Waals surface area contributed by atoms with Gasteiger partial charge in [0.2, 0.25) is 5.60 Å². The van der Waals surface area contributed by atoms with Crippen LogP contribution in [-0.2, 0) is 21.6 Å². The Morgan fingerprint density at radius 3 is 1.88 bits per heavy atom. The molecular weight excluding hydrogens is 616 g/mol. The summed E-state index contributed by atoms with van der Waals surface area (Å²) in [6.07, 6.45) is 16.4. The van der Waals surface area contributed by atoms with Crippen molar-refractivity contribution in [1.29, 1.82) is 0 Å². The third-order valence-corrected chi connectivity index (χ3v) is 8.66. The summed E-state index contributed by atoms with van der Waals surface area (Å²) in [6.45, 7) is 12.5. The van der Waals surface area contributed by atoms with Crippen LogP contribution < -0.4 is 0 Å². The van der Waals surface area contributed by atoms with Crippen molar-refractivity contribution in [1.82, 2.24) is 0 Å². The maximum atomic E-state index is 13.6. The van der Waals surface area contributed by atoms with Crippen LogP contribution in [0.4, 0.5) is 0 Å². The second-order valence-electron chi connectivity index (χ2n) is 13.5. The molecule has 7 nitrogen and oxygen atoms in total. The third kappa shape index (κ3) is 9.59. The number of esters is 1. The first-order valence-corrected chi connectivity index (χ1v) is 17.0. The van der Waals surface area contributed by atoms with Crippen LogP contribution >= 0.6 is 0 Å². The zero-order valence-corrected chi connectivity index (χ0v) is 29.6. The number of phenolic OH excluding ortho intramolecular Hbond substituents is 4. The van der Waals surface area contributed by atoms with Crippen molar-refractivity contribution < 1.29 is 34.4 Å². The fourth-order valence-electron chi connectivity index (χ4n) is 6.02. The van der Waals surface area contributed by atoms with Crippen molar-refractivity contribution in [3.63, 3.8) is 0 Å². The smallest absolute Gasteiger partial charge is 0.335 e. The molecule has 1 atom stereocenters. The molecule has 7 heteroatoms. The van der Waals surface area contributed by atoms with Crippen molar-refractivity contribution in [2.45, 2.75) is 98.5 Å². The molecule has 49 heavy (non-hydrogen) atoms. The van der Waals surface area contributed by atoms with E-state index in [1.165, 1.54) is 58.7 Å². The highest BCUT2D eigenvalue weighted by Gasteiger charge is 2.49. The second kappa shape index (κ2) is 16.5. The number of benzene rings is 2. The molecule has 1 aliphatic rings. The number of ether oxygens (including phenoxy) is 1. The minimum atomic E-state index is -1.69. The number of furan rings is 1. The number of phenols is 4. The van der Waals surface area contributed by atoms with Crippen LogP contribution in [0.3, 0.4) is 0 Å². The zero-order valence-electron chi connectivity index (χ0n) is 29.6. The van der Waals surface area contributed by atoms with Gasteiger partial charge in [0.05, 0.1) is 11.1 Å². The summed E-state index contributed by atoms with van der Waals surface area (Å²) in [4.78, 5) is 13.6. The molecule has 3 aromatic rings. The van der Waals surface area contributed by atoms with Gasteiger partial charge in [0.1, 0.15) is 28.8 Å². The molecule has 0 radical (unpaired) electrons. The Hall–Kier alpha value is -4.91. The molecule has 2 aromatic carbocycles. The van der Waals surface area contributed by atoms with Crippen molar-refractivity contribution >= 4 is 5.97 Å². The lowest BCUT2D eigenvalue weighted by atomic mass is 9.86. The van der Waals surface area contributed by atoms with Crippen molar-refractivity contribution in [2.75, 3.05) is 0 Å². The number of cyclic esters (lactones) is 1. The standard InChI is InChI=1S/C42H50O7/c1-27(2)11-7-13-29(5)15-9-17-31-23-39(35-24-33(43)19-21-37(35)45)48-40(31)42(36-25-34(44)20-22-38(36)46)26-32(41(47)49-42)18-10-16-30(6)14-8-12-28(3)4/h11-12,15-16,19-26,43-46H,7-10,13-14,17-18H2,1-6H3/t42-/m1/s1. The molecular formula is C42H50O7. The first kappa shape index (κ1) is 36.9. The summed E-state index contributed by atoms with van der Waals surface area (Å²) >= 11 is 0. The van der Waals surface area contributed by atoms with E-state index in [4.69, 9.17) is 9.15 Å². The largest absolute Gasteiger partial charge is 0.508 e. The number of hydrogen-bond acceptors (Lipinski definition) is 7. The van der Waals surface area contributed by atoms with Crippen molar-refractivity contribution in [3.8, 4) is 34.3 Å². The molecule has 0 saturated carbocycles. The van der Waals surface area contributed by atoms with Crippen molar-refractivity contribution in [3.05, 3.63) is 118 Å². The normalized spacial score (nSPS) is 16.4. The van der Waals surface area contributed by atoms with E-state index in [1.54, 1.807) is 12.1 Å². The number of hydrogen-bond donors (Lipinski definition) is 4. The van der Waals surface area contributed by atoms with E-state index in [9.17, 15) is 25.2 Å². The van der Waals surface area contributed by atoms with Gasteiger partial charge < -0.3 is 29.6 Å². The van der Waals surface area contributed by atoms with Gasteiger partial charge in [0.25, 0.3) is 0 Å². The van der Waals surface area contributed by atoms with Gasteiger partial charge in [-0.15, -0.1) is 0 Å². The van der Waals surface area contributed by atoms with E-state index < -0.39 is 11.6 Å². The molecule has 0 spiro atoms. The second-order valence-corrected chi connectivity index (χ2v) is 13.5. The highest BCUT2D eigenvalue weighted by Crippen LogP contribution is 2.50. The maximum absolute atomic E-state index is 13.6. The van der Waals surface area contributed by atoms with Gasteiger partial charge >= 0.3 is 5.97 Å². The predicted octanol–water partition coefficient (Wildman–Crippen LogP) is 10.6. The summed E-state index contributed by atoms with van der Waals surface area (Å²) in [6, 6.07) is 10.0. The van der Waals surface area contributed by atoms with E-state index in [0.29, 0.717) is 36.8 Å². The van der Waals surface area contributed by atoms with Gasteiger partial charge in [-0.25, -0.2) is 4.79 Å². The number of rotatable bonds is 15. The number of allylic oxidation sites excluding steroid dienone is 8. The Bertz CT molecular complexity index is 1810. The van der Waals surface area contributed by atoms with Crippen LogP contribution in [0.1, 0.15) is 103 Å². The van der Waals surface area contributed by atoms with Crippen LogP contribution in [0, 0.1) is 0 Å². The molecule has 0 bridgehead atoms. The van der Waals surface area contributed by atoms with Crippen LogP contribution in [0.25, 0.3) is 11.3 Å². The Balaban J connectivity index is 1.79. The minimum Gasteiger partial charge on any atom is -0.508 e. The molecule has 0 amide bonds. The van der Waals surface area contributed by atoms with Crippen LogP contribution in [0.5, 0.6) is 23.0 Å². The predicted molar refractivity (Wildman–Crippen MR) is 195 cm³/mol. The summed E-state index contributed by atoms with van der Waals surface area (Å²) in [5.41, 5.74) is 4.87. The summed E-state index contributed by atoms with van der Waals surface area (Å²) < 4.78 is 12.7. The molecule has 1 aliphatic heterocycles. The van der Waals surface area contributed by atoms with E-state index in [-0.39, 0.29) is 45.6 Å². The zero-order chi connectivity index (χ0) is 35.7. The quantitative estimate of drug-likeness (QED) is 0.0723. The summed E-state index contributed by atoms with van der Waals surface area (Å²) in [5, 5.41) is 42.7. The molecule has 0 fully saturated rings. The monoisotopic (exact) mass is 666 g/mol. The van der Waals surface area contributed by atoms with Gasteiger partial charge in [0, 0.05) is 5.57 Å². The van der Waals surface area contributed by atoms with Gasteiger partial charge in [-0.05, 0) is 147 Å². The first-order chi connectivity index (χ1) is 23.3. The topological polar surface area (TPSA) is 120 Å². The van der Waals surface area contributed by atoms with E-state index >= 15 is 0 Å². The Morgan fingerprint density at radius 1 is 0.694 bits per heavy atom. The van der Waals surface area contributed by atoms with Gasteiger partial charge in [-0.1, -0.05) is 46.6 Å². The van der Waals surface area contributed by atoms with E-state index in [1.807, 2.05) is 0 Å². The molecule has 0 saturated heterocycles. The number of aromatic hydroxyl groups is 4. The lowest BCUT2D eigenvalue weighted by molar-refractivity contribution is -0.145. The van der Waals surface area contributed by atoms with Gasteiger partial charge in [0.15, 0.2) is 5.76 Å². The number of carbonyl (C=O) groups is 1. The fraction of sp³-hybridized carbons (Fsp3) is 0.357. The molecule has 0 unspecified atom stereocenters. The Labute approximate surface area is 290 Å². The van der Waals surface area contributed by atoms with Gasteiger partial charge in [-0.2, -0.15) is 0 Å². The van der Waals surface area contributed by atoms with Crippen molar-refractivity contribution in [2.24, 2.45) is 0 Å². The molecule has 260 valence electrons. The first-order valence-electron chi connectivity index (χ1n) is 17.0. The van der Waals surface area contributed by atoms with Crippen LogP contribution in [0.15, 0.2) is 105 Å². The van der Waals surface area contributed by atoms with E-state index in [2.05, 4.69) is 65.8 Å². The van der Waals surface area contributed by atoms with E-state index in [0.717, 1.165) is 25.7 Å². The maximum Gasteiger partial charge on any atom is 0.335 e. The fourth-order valence-corrected chi connectivity index (χ4v) is 6.02. The average Bonchev–Trinajstić information content (AvgIpc) is 3.61. The summed E-state index contributed by atoms with van der Waals surface area (Å²) in [5.74, 6) is -0.488. The Kier molecular flexibility index (Phi) is 12.4.